The van der Waals surface area contributed by atoms with Crippen molar-refractivity contribution < 1.29 is 4.79 Å². The number of nitrogens with zero attached hydrogens (tertiary/aromatic N) is 2. The lowest BCUT2D eigenvalue weighted by atomic mass is 10.1. The Kier molecular flexibility index (Phi) is 4.76. The number of pyridine rings is 1. The first-order valence-electron chi connectivity index (χ1n) is 7.47. The van der Waals surface area contributed by atoms with Crippen molar-refractivity contribution >= 4 is 5.91 Å². The molecule has 2 heterocycles. The Balaban J connectivity index is 2.17. The van der Waals surface area contributed by atoms with Gasteiger partial charge in [-0.2, -0.15) is 0 Å². The van der Waals surface area contributed by atoms with Crippen LogP contribution < -0.4 is 5.32 Å². The second-order valence-electron chi connectivity index (χ2n) is 5.93. The molecule has 0 aliphatic carbocycles. The first-order chi connectivity index (χ1) is 9.49. The van der Waals surface area contributed by atoms with E-state index in [0.29, 0.717) is 6.04 Å². The van der Waals surface area contributed by atoms with Crippen LogP contribution in [0.1, 0.15) is 48.4 Å². The van der Waals surface area contributed by atoms with Crippen LogP contribution in [0.2, 0.25) is 0 Å². The summed E-state index contributed by atoms with van der Waals surface area (Å²) < 4.78 is 0. The Labute approximate surface area is 121 Å². The molecule has 1 aliphatic heterocycles. The molecule has 1 unspecified atom stereocenters. The van der Waals surface area contributed by atoms with E-state index < -0.39 is 0 Å². The molecule has 1 aliphatic rings. The Morgan fingerprint density at radius 1 is 1.45 bits per heavy atom. The van der Waals surface area contributed by atoms with Crippen LogP contribution in [0.25, 0.3) is 0 Å². The van der Waals surface area contributed by atoms with E-state index in [0.717, 1.165) is 36.5 Å². The zero-order valence-corrected chi connectivity index (χ0v) is 12.9. The summed E-state index contributed by atoms with van der Waals surface area (Å²) in [7, 11) is 0. The topological polar surface area (TPSA) is 45.2 Å². The molecule has 110 valence electrons. The highest BCUT2D eigenvalue weighted by molar-refractivity contribution is 5.95. The van der Waals surface area contributed by atoms with E-state index in [9.17, 15) is 4.79 Å². The van der Waals surface area contributed by atoms with Crippen molar-refractivity contribution in [1.82, 2.24) is 15.2 Å². The summed E-state index contributed by atoms with van der Waals surface area (Å²) in [6.45, 7) is 9.85. The normalized spacial score (nSPS) is 18.6. The molecule has 1 aromatic rings. The number of aromatic nitrogens is 1. The second kappa shape index (κ2) is 6.35. The number of rotatable bonds is 4. The summed E-state index contributed by atoms with van der Waals surface area (Å²) >= 11 is 0. The summed E-state index contributed by atoms with van der Waals surface area (Å²) in [6.07, 6.45) is 2.36. The number of carbonyl (C=O) groups is 1. The molecule has 2 rings (SSSR count). The largest absolute Gasteiger partial charge is 0.335 e. The maximum Gasteiger partial charge on any atom is 0.255 e. The van der Waals surface area contributed by atoms with Crippen molar-refractivity contribution in [1.29, 1.82) is 0 Å². The molecule has 1 aromatic heterocycles. The van der Waals surface area contributed by atoms with Gasteiger partial charge in [-0.3, -0.25) is 9.78 Å². The maximum atomic E-state index is 12.8. The van der Waals surface area contributed by atoms with Gasteiger partial charge in [0.15, 0.2) is 0 Å². The molecule has 0 spiro atoms. The SMILES string of the molecule is Cc1ccc(C(=O)N(CC2CCCN2)C(C)C)c(C)n1. The van der Waals surface area contributed by atoms with Crippen LogP contribution in [0.5, 0.6) is 0 Å². The first-order valence-corrected chi connectivity index (χ1v) is 7.47. The number of hydrogen-bond acceptors (Lipinski definition) is 3. The Morgan fingerprint density at radius 2 is 2.20 bits per heavy atom. The summed E-state index contributed by atoms with van der Waals surface area (Å²) in [5.41, 5.74) is 2.50. The standard InChI is InChI=1S/C16H25N3O/c1-11(2)19(10-14-6-5-9-17-14)16(20)15-8-7-12(3)18-13(15)4/h7-8,11,14,17H,5-6,9-10H2,1-4H3. The van der Waals surface area contributed by atoms with Crippen molar-refractivity contribution in [3.05, 3.63) is 29.1 Å². The summed E-state index contributed by atoms with van der Waals surface area (Å²) in [5.74, 6) is 0.0960. The van der Waals surface area contributed by atoms with Gasteiger partial charge in [0.25, 0.3) is 5.91 Å². The zero-order valence-electron chi connectivity index (χ0n) is 12.9. The molecule has 1 amide bonds. The summed E-state index contributed by atoms with van der Waals surface area (Å²) in [6, 6.07) is 4.44. The quantitative estimate of drug-likeness (QED) is 0.917. The predicted octanol–water partition coefficient (Wildman–Crippen LogP) is 2.30. The van der Waals surface area contributed by atoms with E-state index in [4.69, 9.17) is 0 Å². The van der Waals surface area contributed by atoms with Crippen molar-refractivity contribution in [2.24, 2.45) is 0 Å². The average Bonchev–Trinajstić information content (AvgIpc) is 2.87. The van der Waals surface area contributed by atoms with Crippen LogP contribution in [0, 0.1) is 13.8 Å². The molecular weight excluding hydrogens is 250 g/mol. The van der Waals surface area contributed by atoms with Crippen molar-refractivity contribution in [2.45, 2.75) is 52.6 Å². The van der Waals surface area contributed by atoms with E-state index in [1.54, 1.807) is 0 Å². The van der Waals surface area contributed by atoms with E-state index in [1.165, 1.54) is 6.42 Å². The third kappa shape index (κ3) is 3.37. The van der Waals surface area contributed by atoms with Crippen LogP contribution >= 0.6 is 0 Å². The van der Waals surface area contributed by atoms with Crippen LogP contribution in [0.15, 0.2) is 12.1 Å². The van der Waals surface area contributed by atoms with Crippen LogP contribution in [0.4, 0.5) is 0 Å². The van der Waals surface area contributed by atoms with Crippen LogP contribution in [-0.4, -0.2) is 41.0 Å². The lowest BCUT2D eigenvalue weighted by Gasteiger charge is -2.30. The van der Waals surface area contributed by atoms with Crippen LogP contribution in [0.3, 0.4) is 0 Å². The number of aryl methyl sites for hydroxylation is 2. The Morgan fingerprint density at radius 3 is 2.75 bits per heavy atom. The zero-order chi connectivity index (χ0) is 14.7. The molecule has 1 fully saturated rings. The summed E-state index contributed by atoms with van der Waals surface area (Å²) in [5, 5.41) is 3.46. The number of hydrogen-bond donors (Lipinski definition) is 1. The lowest BCUT2D eigenvalue weighted by molar-refractivity contribution is 0.0688. The fourth-order valence-corrected chi connectivity index (χ4v) is 2.75. The van der Waals surface area contributed by atoms with Gasteiger partial charge in [0.05, 0.1) is 11.3 Å². The van der Waals surface area contributed by atoms with Crippen molar-refractivity contribution in [3.63, 3.8) is 0 Å². The second-order valence-corrected chi connectivity index (χ2v) is 5.93. The molecule has 4 heteroatoms. The first kappa shape index (κ1) is 15.0. The fourth-order valence-electron chi connectivity index (χ4n) is 2.75. The van der Waals surface area contributed by atoms with Gasteiger partial charge in [-0.25, -0.2) is 0 Å². The molecular formula is C16H25N3O. The highest BCUT2D eigenvalue weighted by Gasteiger charge is 2.25. The number of amides is 1. The predicted molar refractivity (Wildman–Crippen MR) is 80.9 cm³/mol. The van der Waals surface area contributed by atoms with Crippen molar-refractivity contribution in [3.8, 4) is 0 Å². The van der Waals surface area contributed by atoms with E-state index in [1.807, 2.05) is 30.9 Å². The molecule has 4 nitrogen and oxygen atoms in total. The Bertz CT molecular complexity index is 479. The Hall–Kier alpha value is -1.42. The number of carbonyl (C=O) groups excluding carboxylic acids is 1. The van der Waals surface area contributed by atoms with Gasteiger partial charge in [-0.1, -0.05) is 0 Å². The van der Waals surface area contributed by atoms with Gasteiger partial charge in [-0.05, 0) is 59.2 Å². The van der Waals surface area contributed by atoms with E-state index in [-0.39, 0.29) is 11.9 Å². The van der Waals surface area contributed by atoms with Gasteiger partial charge in [-0.15, -0.1) is 0 Å². The third-order valence-corrected chi connectivity index (χ3v) is 3.92. The third-order valence-electron chi connectivity index (χ3n) is 3.92. The van der Waals surface area contributed by atoms with Crippen LogP contribution in [-0.2, 0) is 0 Å². The van der Waals surface area contributed by atoms with E-state index >= 15 is 0 Å². The molecule has 20 heavy (non-hydrogen) atoms. The number of nitrogens with one attached hydrogen (secondary N) is 1. The highest BCUT2D eigenvalue weighted by atomic mass is 16.2. The minimum Gasteiger partial charge on any atom is -0.335 e. The summed E-state index contributed by atoms with van der Waals surface area (Å²) in [4.78, 5) is 19.1. The monoisotopic (exact) mass is 275 g/mol. The molecule has 1 saturated heterocycles. The van der Waals surface area contributed by atoms with Gasteiger partial charge < -0.3 is 10.2 Å². The van der Waals surface area contributed by atoms with Gasteiger partial charge >= 0.3 is 0 Å². The van der Waals surface area contributed by atoms with E-state index in [2.05, 4.69) is 24.1 Å². The van der Waals surface area contributed by atoms with Crippen molar-refractivity contribution in [2.75, 3.05) is 13.1 Å². The lowest BCUT2D eigenvalue weighted by Crippen LogP contribution is -2.45. The maximum absolute atomic E-state index is 12.8. The molecule has 1 N–H and O–H groups in total. The molecule has 0 bridgehead atoms. The van der Waals surface area contributed by atoms with Gasteiger partial charge in [0.2, 0.25) is 0 Å². The average molecular weight is 275 g/mol. The highest BCUT2D eigenvalue weighted by Crippen LogP contribution is 2.15. The molecule has 1 atom stereocenters. The minimum atomic E-state index is 0.0960. The molecule has 0 saturated carbocycles. The van der Waals surface area contributed by atoms with Gasteiger partial charge in [0.1, 0.15) is 0 Å². The minimum absolute atomic E-state index is 0.0960. The van der Waals surface area contributed by atoms with Gasteiger partial charge in [0, 0.05) is 24.3 Å². The smallest absolute Gasteiger partial charge is 0.255 e. The fraction of sp³-hybridized carbons (Fsp3) is 0.625. The molecule has 0 radical (unpaired) electrons. The molecule has 0 aromatic carbocycles.